The second kappa shape index (κ2) is 7.24. The van der Waals surface area contributed by atoms with Gasteiger partial charge in [-0.05, 0) is 31.8 Å². The molecule has 2 heteroatoms. The number of hydrogen-bond acceptors (Lipinski definition) is 2. The maximum absolute atomic E-state index is 3.33. The van der Waals surface area contributed by atoms with Crippen LogP contribution in [0.4, 0.5) is 0 Å². The van der Waals surface area contributed by atoms with Gasteiger partial charge in [-0.3, -0.25) is 0 Å². The van der Waals surface area contributed by atoms with E-state index in [2.05, 4.69) is 52.0 Å². The van der Waals surface area contributed by atoms with Crippen LogP contribution in [0.1, 0.15) is 40.5 Å². The number of nitrogens with one attached hydrogen (secondary N) is 1. The lowest BCUT2D eigenvalue weighted by Crippen LogP contribution is -2.41. The maximum Gasteiger partial charge on any atom is 0.00445 e. The van der Waals surface area contributed by atoms with E-state index in [1.807, 2.05) is 0 Å². The zero-order valence-electron chi connectivity index (χ0n) is 11.6. The fourth-order valence-corrected chi connectivity index (χ4v) is 2.59. The summed E-state index contributed by atoms with van der Waals surface area (Å²) in [6, 6.07) is 0. The molecule has 1 N–H and O–H groups in total. The highest BCUT2D eigenvalue weighted by Gasteiger charge is 2.24. The van der Waals surface area contributed by atoms with Gasteiger partial charge >= 0.3 is 0 Å². The molecule has 0 aliphatic carbocycles. The van der Waals surface area contributed by atoms with Crippen molar-refractivity contribution in [3.8, 4) is 0 Å². The van der Waals surface area contributed by atoms with Gasteiger partial charge in [0.25, 0.3) is 0 Å². The molecule has 0 aromatic heterocycles. The van der Waals surface area contributed by atoms with Gasteiger partial charge in [0.2, 0.25) is 0 Å². The van der Waals surface area contributed by atoms with Crippen molar-refractivity contribution in [1.82, 2.24) is 10.2 Å². The predicted octanol–water partition coefficient (Wildman–Crippen LogP) is 2.60. The zero-order valence-corrected chi connectivity index (χ0v) is 11.6. The average Bonchev–Trinajstić information content (AvgIpc) is 2.01. The molecular weight excluding hydrogens is 184 g/mol. The molecule has 0 heterocycles. The SMILES string of the molecule is CCCC(C)(CNC)CN(C)CC(C)C. The van der Waals surface area contributed by atoms with Crippen LogP contribution in [0.25, 0.3) is 0 Å². The molecule has 0 saturated carbocycles. The third-order valence-electron chi connectivity index (χ3n) is 2.79. The third kappa shape index (κ3) is 6.91. The van der Waals surface area contributed by atoms with Crippen LogP contribution < -0.4 is 5.32 Å². The minimum Gasteiger partial charge on any atom is -0.319 e. The number of rotatable bonds is 8. The molecule has 0 aromatic rings. The highest BCUT2D eigenvalue weighted by molar-refractivity contribution is 4.79. The van der Waals surface area contributed by atoms with Gasteiger partial charge in [0.15, 0.2) is 0 Å². The van der Waals surface area contributed by atoms with Crippen LogP contribution in [0.3, 0.4) is 0 Å². The highest BCUT2D eigenvalue weighted by Crippen LogP contribution is 2.23. The summed E-state index contributed by atoms with van der Waals surface area (Å²) in [6.07, 6.45) is 2.57. The van der Waals surface area contributed by atoms with E-state index in [4.69, 9.17) is 0 Å². The summed E-state index contributed by atoms with van der Waals surface area (Å²) in [5.74, 6) is 0.760. The highest BCUT2D eigenvalue weighted by atomic mass is 15.1. The van der Waals surface area contributed by atoms with Crippen molar-refractivity contribution in [2.75, 3.05) is 33.7 Å². The minimum absolute atomic E-state index is 0.424. The third-order valence-corrected chi connectivity index (χ3v) is 2.79. The van der Waals surface area contributed by atoms with Gasteiger partial charge in [-0.2, -0.15) is 0 Å². The Hall–Kier alpha value is -0.0800. The van der Waals surface area contributed by atoms with Crippen LogP contribution in [0.2, 0.25) is 0 Å². The van der Waals surface area contributed by atoms with Crippen molar-refractivity contribution in [2.45, 2.75) is 40.5 Å². The Bertz CT molecular complexity index is 149. The summed E-state index contributed by atoms with van der Waals surface area (Å²) in [7, 11) is 4.29. The molecule has 92 valence electrons. The van der Waals surface area contributed by atoms with Crippen molar-refractivity contribution in [3.05, 3.63) is 0 Å². The molecule has 2 nitrogen and oxygen atoms in total. The molecule has 0 amide bonds. The second-order valence-corrected chi connectivity index (χ2v) is 5.68. The van der Waals surface area contributed by atoms with E-state index in [9.17, 15) is 0 Å². The van der Waals surface area contributed by atoms with Crippen LogP contribution >= 0.6 is 0 Å². The topological polar surface area (TPSA) is 15.3 Å². The molecule has 0 rings (SSSR count). The van der Waals surface area contributed by atoms with E-state index in [-0.39, 0.29) is 0 Å². The molecule has 1 atom stereocenters. The Labute approximate surface area is 96.4 Å². The monoisotopic (exact) mass is 214 g/mol. The lowest BCUT2D eigenvalue weighted by atomic mass is 9.85. The normalized spacial score (nSPS) is 16.0. The molecule has 15 heavy (non-hydrogen) atoms. The lowest BCUT2D eigenvalue weighted by molar-refractivity contribution is 0.164. The van der Waals surface area contributed by atoms with Gasteiger partial charge in [0, 0.05) is 19.6 Å². The maximum atomic E-state index is 3.33. The first-order valence-corrected chi connectivity index (χ1v) is 6.26. The van der Waals surface area contributed by atoms with E-state index in [1.165, 1.54) is 25.9 Å². The van der Waals surface area contributed by atoms with Crippen molar-refractivity contribution < 1.29 is 0 Å². The van der Waals surface area contributed by atoms with Crippen LogP contribution in [0.5, 0.6) is 0 Å². The van der Waals surface area contributed by atoms with Gasteiger partial charge < -0.3 is 10.2 Å². The molecule has 0 saturated heterocycles. The van der Waals surface area contributed by atoms with Crippen molar-refractivity contribution in [3.63, 3.8) is 0 Å². The smallest absolute Gasteiger partial charge is 0.00445 e. The number of nitrogens with zero attached hydrogens (tertiary/aromatic N) is 1. The molecule has 0 fully saturated rings. The molecule has 0 radical (unpaired) electrons. The first-order chi connectivity index (χ1) is 6.93. The standard InChI is InChI=1S/C13H30N2/c1-7-8-13(4,10-14-5)11-15(6)9-12(2)3/h12,14H,7-11H2,1-6H3. The molecule has 0 aromatic carbocycles. The molecule has 0 aliphatic rings. The number of hydrogen-bond donors (Lipinski definition) is 1. The Morgan fingerprint density at radius 2 is 1.93 bits per heavy atom. The molecule has 0 aliphatic heterocycles. The quantitative estimate of drug-likeness (QED) is 0.668. The van der Waals surface area contributed by atoms with Gasteiger partial charge in [-0.25, -0.2) is 0 Å². The van der Waals surface area contributed by atoms with Crippen molar-refractivity contribution >= 4 is 0 Å². The summed E-state index contributed by atoms with van der Waals surface area (Å²) < 4.78 is 0. The first-order valence-electron chi connectivity index (χ1n) is 6.26. The van der Waals surface area contributed by atoms with Crippen LogP contribution in [-0.4, -0.2) is 38.6 Å². The molecular formula is C13H30N2. The fraction of sp³-hybridized carbons (Fsp3) is 1.00. The second-order valence-electron chi connectivity index (χ2n) is 5.68. The molecule has 0 spiro atoms. The van der Waals surface area contributed by atoms with Gasteiger partial charge in [0.1, 0.15) is 0 Å². The van der Waals surface area contributed by atoms with E-state index < -0.39 is 0 Å². The van der Waals surface area contributed by atoms with E-state index >= 15 is 0 Å². The van der Waals surface area contributed by atoms with Gasteiger partial charge in [-0.1, -0.05) is 34.1 Å². The summed E-state index contributed by atoms with van der Waals surface area (Å²) in [5.41, 5.74) is 0.424. The predicted molar refractivity (Wildman–Crippen MR) is 69.3 cm³/mol. The van der Waals surface area contributed by atoms with Crippen LogP contribution in [0, 0.1) is 11.3 Å². The Morgan fingerprint density at radius 1 is 1.33 bits per heavy atom. The zero-order chi connectivity index (χ0) is 11.9. The summed E-state index contributed by atoms with van der Waals surface area (Å²) in [5, 5.41) is 3.33. The molecule has 0 bridgehead atoms. The average molecular weight is 214 g/mol. The largest absolute Gasteiger partial charge is 0.319 e. The first kappa shape index (κ1) is 14.9. The van der Waals surface area contributed by atoms with Crippen LogP contribution in [0.15, 0.2) is 0 Å². The van der Waals surface area contributed by atoms with Crippen molar-refractivity contribution in [2.24, 2.45) is 11.3 Å². The van der Waals surface area contributed by atoms with Gasteiger partial charge in [-0.15, -0.1) is 0 Å². The summed E-state index contributed by atoms with van der Waals surface area (Å²) in [4.78, 5) is 2.47. The van der Waals surface area contributed by atoms with Gasteiger partial charge in [0.05, 0.1) is 0 Å². The van der Waals surface area contributed by atoms with Crippen molar-refractivity contribution in [1.29, 1.82) is 0 Å². The lowest BCUT2D eigenvalue weighted by Gasteiger charge is -2.34. The van der Waals surface area contributed by atoms with Crippen LogP contribution in [-0.2, 0) is 0 Å². The minimum atomic E-state index is 0.424. The fourth-order valence-electron chi connectivity index (χ4n) is 2.59. The van der Waals surface area contributed by atoms with E-state index in [0.29, 0.717) is 5.41 Å². The summed E-state index contributed by atoms with van der Waals surface area (Å²) >= 11 is 0. The molecule has 1 unspecified atom stereocenters. The van der Waals surface area contributed by atoms with E-state index in [0.717, 1.165) is 12.5 Å². The van der Waals surface area contributed by atoms with E-state index in [1.54, 1.807) is 0 Å². The summed E-state index contributed by atoms with van der Waals surface area (Å²) in [6.45, 7) is 12.7. The Kier molecular flexibility index (Phi) is 7.20. The Balaban J connectivity index is 4.14. The Morgan fingerprint density at radius 3 is 2.33 bits per heavy atom.